The SMILES string of the molecule is CC(C)=C(O)C(O)CO.O=P(O)(O)OP(=O)(O)O. The number of hydrogen-bond donors (Lipinski definition) is 7. The molecule has 10 nitrogen and oxygen atoms in total. The van der Waals surface area contributed by atoms with Crippen molar-refractivity contribution in [2.75, 3.05) is 6.61 Å². The Balaban J connectivity index is 0. The molecule has 110 valence electrons. The fourth-order valence-electron chi connectivity index (χ4n) is 0.558. The Bertz CT molecular complexity index is 341. The normalized spacial score (nSPS) is 13.3. The molecule has 0 aromatic carbocycles. The molecule has 0 aliphatic heterocycles. The second kappa shape index (κ2) is 8.00. The summed E-state index contributed by atoms with van der Waals surface area (Å²) in [6, 6.07) is 0. The molecule has 12 heteroatoms. The van der Waals surface area contributed by atoms with Crippen molar-refractivity contribution < 1.29 is 48.3 Å². The average molecular weight is 310 g/mol. The Hall–Kier alpha value is -0.280. The topological polar surface area (TPSA) is 185 Å². The van der Waals surface area contributed by atoms with Crippen LogP contribution in [0.5, 0.6) is 0 Å². The molecule has 0 aromatic rings. The summed E-state index contributed by atoms with van der Waals surface area (Å²) >= 11 is 0. The lowest BCUT2D eigenvalue weighted by Gasteiger charge is -2.06. The molecule has 18 heavy (non-hydrogen) atoms. The molecule has 0 amide bonds. The van der Waals surface area contributed by atoms with Gasteiger partial charge in [0.1, 0.15) is 11.9 Å². The fraction of sp³-hybridized carbons (Fsp3) is 0.667. The molecule has 1 atom stereocenters. The third-order valence-corrected chi connectivity index (χ3v) is 2.92. The minimum absolute atomic E-state index is 0.141. The van der Waals surface area contributed by atoms with Gasteiger partial charge in [-0.05, 0) is 19.4 Å². The predicted molar refractivity (Wildman–Crippen MR) is 59.3 cm³/mol. The van der Waals surface area contributed by atoms with E-state index in [1.807, 2.05) is 0 Å². The molecule has 0 saturated carbocycles. The van der Waals surface area contributed by atoms with Crippen molar-refractivity contribution in [2.24, 2.45) is 0 Å². The zero-order chi connectivity index (χ0) is 15.1. The summed E-state index contributed by atoms with van der Waals surface area (Å²) < 4.78 is 22.2. The third-order valence-electron chi connectivity index (χ3n) is 1.21. The van der Waals surface area contributed by atoms with E-state index in [0.29, 0.717) is 5.57 Å². The van der Waals surface area contributed by atoms with Crippen LogP contribution in [0.15, 0.2) is 11.3 Å². The maximum atomic E-state index is 9.63. The molecule has 0 aliphatic carbocycles. The number of phosphoric acid groups is 2. The summed E-state index contributed by atoms with van der Waals surface area (Å²) in [5, 5.41) is 25.9. The van der Waals surface area contributed by atoms with Gasteiger partial charge < -0.3 is 34.9 Å². The van der Waals surface area contributed by atoms with Crippen molar-refractivity contribution >= 4 is 15.6 Å². The van der Waals surface area contributed by atoms with E-state index in [2.05, 4.69) is 4.31 Å². The summed E-state index contributed by atoms with van der Waals surface area (Å²) in [5.41, 5.74) is 0.622. The molecule has 1 unspecified atom stereocenters. The quantitative estimate of drug-likeness (QED) is 0.260. The minimum atomic E-state index is -5.05. The molecule has 0 saturated heterocycles. The molecule has 0 rings (SSSR count). The smallest absolute Gasteiger partial charge is 0.478 e. The first-order chi connectivity index (χ1) is 7.80. The van der Waals surface area contributed by atoms with Gasteiger partial charge in [0.05, 0.1) is 6.61 Å². The lowest BCUT2D eigenvalue weighted by Crippen LogP contribution is -2.15. The van der Waals surface area contributed by atoms with Gasteiger partial charge in [-0.1, -0.05) is 0 Å². The molecule has 0 fully saturated rings. The van der Waals surface area contributed by atoms with Gasteiger partial charge in [0, 0.05) is 0 Å². The van der Waals surface area contributed by atoms with Gasteiger partial charge in [0.25, 0.3) is 0 Å². The second-order valence-electron chi connectivity index (χ2n) is 3.15. The summed E-state index contributed by atoms with van der Waals surface area (Å²) in [5.74, 6) is -0.141. The number of aliphatic hydroxyl groups is 3. The van der Waals surface area contributed by atoms with Gasteiger partial charge in [0.15, 0.2) is 0 Å². The first-order valence-electron chi connectivity index (χ1n) is 4.28. The van der Waals surface area contributed by atoms with Gasteiger partial charge in [-0.25, -0.2) is 9.13 Å². The molecule has 7 N–H and O–H groups in total. The van der Waals surface area contributed by atoms with E-state index < -0.39 is 28.4 Å². The lowest BCUT2D eigenvalue weighted by atomic mass is 10.2. The monoisotopic (exact) mass is 310 g/mol. The zero-order valence-corrected chi connectivity index (χ0v) is 11.3. The van der Waals surface area contributed by atoms with Crippen molar-refractivity contribution in [1.82, 2.24) is 0 Å². The Kier molecular flexibility index (Phi) is 8.91. The number of allylic oxidation sites excluding steroid dienone is 1. The largest absolute Gasteiger partial charge is 0.510 e. The van der Waals surface area contributed by atoms with Crippen LogP contribution in [0.3, 0.4) is 0 Å². The average Bonchev–Trinajstić information content (AvgIpc) is 2.10. The van der Waals surface area contributed by atoms with Gasteiger partial charge in [-0.2, -0.15) is 4.31 Å². The molecule has 0 aromatic heterocycles. The van der Waals surface area contributed by atoms with Crippen molar-refractivity contribution in [3.8, 4) is 0 Å². The van der Waals surface area contributed by atoms with Crippen LogP contribution in [0, 0.1) is 0 Å². The van der Waals surface area contributed by atoms with Crippen LogP contribution in [-0.2, 0) is 13.4 Å². The molecular formula is C6H16O10P2. The Morgan fingerprint density at radius 1 is 1.11 bits per heavy atom. The van der Waals surface area contributed by atoms with Crippen molar-refractivity contribution in [2.45, 2.75) is 20.0 Å². The van der Waals surface area contributed by atoms with Crippen molar-refractivity contribution in [3.63, 3.8) is 0 Å². The van der Waals surface area contributed by atoms with E-state index in [9.17, 15) is 9.13 Å². The summed E-state index contributed by atoms with van der Waals surface area (Å²) in [6.07, 6.45) is -1.12. The van der Waals surface area contributed by atoms with E-state index in [1.54, 1.807) is 13.8 Å². The Morgan fingerprint density at radius 3 is 1.50 bits per heavy atom. The highest BCUT2D eigenvalue weighted by Crippen LogP contribution is 2.53. The second-order valence-corrected chi connectivity index (χ2v) is 5.76. The molecule has 0 bridgehead atoms. The zero-order valence-electron chi connectivity index (χ0n) is 9.53. The number of rotatable bonds is 4. The van der Waals surface area contributed by atoms with Crippen LogP contribution in [-0.4, -0.2) is 47.6 Å². The molecule has 0 radical (unpaired) electrons. The molecule has 0 aliphatic rings. The van der Waals surface area contributed by atoms with E-state index in [0.717, 1.165) is 0 Å². The highest BCUT2D eigenvalue weighted by molar-refractivity contribution is 7.60. The maximum Gasteiger partial charge on any atom is 0.478 e. The predicted octanol–water partition coefficient (Wildman–Crippen LogP) is -0.620. The highest BCUT2D eigenvalue weighted by atomic mass is 31.3. The van der Waals surface area contributed by atoms with E-state index in [1.165, 1.54) is 0 Å². The molecule has 0 spiro atoms. The van der Waals surface area contributed by atoms with Crippen LogP contribution < -0.4 is 0 Å². The van der Waals surface area contributed by atoms with Gasteiger partial charge >= 0.3 is 15.6 Å². The summed E-state index contributed by atoms with van der Waals surface area (Å²) in [6.45, 7) is 2.89. The van der Waals surface area contributed by atoms with Crippen LogP contribution in [0.2, 0.25) is 0 Å². The van der Waals surface area contributed by atoms with Crippen molar-refractivity contribution in [1.29, 1.82) is 0 Å². The number of aliphatic hydroxyl groups excluding tert-OH is 3. The molecular weight excluding hydrogens is 294 g/mol. The minimum Gasteiger partial charge on any atom is -0.510 e. The van der Waals surface area contributed by atoms with E-state index >= 15 is 0 Å². The first kappa shape index (κ1) is 20.0. The van der Waals surface area contributed by atoms with E-state index in [-0.39, 0.29) is 5.76 Å². The van der Waals surface area contributed by atoms with Crippen LogP contribution in [0.25, 0.3) is 0 Å². The Labute approximate surface area is 103 Å². The number of hydrogen-bond acceptors (Lipinski definition) is 6. The fourth-order valence-corrected chi connectivity index (χ4v) is 1.67. The Morgan fingerprint density at radius 2 is 1.44 bits per heavy atom. The third kappa shape index (κ3) is 13.8. The standard InChI is InChI=1S/C6H12O3.H4O7P2/c1-4(2)6(9)5(8)3-7;1-8(2,3)7-9(4,5)6/h5,7-9H,3H2,1-2H3;(H2,1,2,3)(H2,4,5,6). The molecule has 0 heterocycles. The summed E-state index contributed by atoms with van der Waals surface area (Å²) in [7, 11) is -10.1. The summed E-state index contributed by atoms with van der Waals surface area (Å²) in [4.78, 5) is 31.0. The van der Waals surface area contributed by atoms with Crippen LogP contribution >= 0.6 is 15.6 Å². The maximum absolute atomic E-state index is 9.63. The first-order valence-corrected chi connectivity index (χ1v) is 7.34. The van der Waals surface area contributed by atoms with Gasteiger partial charge in [0.2, 0.25) is 0 Å². The van der Waals surface area contributed by atoms with Gasteiger partial charge in [-0.3, -0.25) is 0 Å². The van der Waals surface area contributed by atoms with Gasteiger partial charge in [-0.15, -0.1) is 0 Å². The lowest BCUT2D eigenvalue weighted by molar-refractivity contribution is 0.0856. The highest BCUT2D eigenvalue weighted by Gasteiger charge is 2.27. The van der Waals surface area contributed by atoms with Crippen LogP contribution in [0.1, 0.15) is 13.8 Å². The van der Waals surface area contributed by atoms with E-state index in [4.69, 9.17) is 34.9 Å². The van der Waals surface area contributed by atoms with Crippen molar-refractivity contribution in [3.05, 3.63) is 11.3 Å². The van der Waals surface area contributed by atoms with Crippen LogP contribution in [0.4, 0.5) is 0 Å².